The zero-order chi connectivity index (χ0) is 14.3. The molecule has 3 unspecified atom stereocenters. The lowest BCUT2D eigenvalue weighted by molar-refractivity contribution is -0.303. The van der Waals surface area contributed by atoms with Crippen LogP contribution >= 0.6 is 0 Å². The van der Waals surface area contributed by atoms with Gasteiger partial charge in [0.1, 0.15) is 0 Å². The van der Waals surface area contributed by atoms with E-state index >= 15 is 0 Å². The quantitative estimate of drug-likeness (QED) is 0.825. The summed E-state index contributed by atoms with van der Waals surface area (Å²) >= 11 is 0. The summed E-state index contributed by atoms with van der Waals surface area (Å²) < 4.78 is 1.86. The predicted molar refractivity (Wildman–Crippen MR) is 75.2 cm³/mol. The SMILES string of the molecule is C=CCON1C2C=C(n3ccc(C)n3)CN(C2)C1(C)O. The first-order chi connectivity index (χ1) is 9.52. The van der Waals surface area contributed by atoms with Gasteiger partial charge in [0.15, 0.2) is 5.85 Å². The van der Waals surface area contributed by atoms with Gasteiger partial charge < -0.3 is 5.11 Å². The van der Waals surface area contributed by atoms with Gasteiger partial charge in [-0.05, 0) is 26.0 Å². The van der Waals surface area contributed by atoms with Crippen molar-refractivity contribution in [2.45, 2.75) is 25.7 Å². The molecule has 1 fully saturated rings. The molecule has 0 amide bonds. The highest BCUT2D eigenvalue weighted by Gasteiger charge is 2.50. The standard InChI is InChI=1S/C14H20N4O2/c1-4-7-20-18-13-8-12(17-6-5-11(2)15-17)9-16(10-13)14(18,3)19/h4-6,8,13,19H,1,7,9-10H2,2-3H3. The maximum atomic E-state index is 10.7. The van der Waals surface area contributed by atoms with E-state index in [4.69, 9.17) is 4.84 Å². The molecule has 3 rings (SSSR count). The van der Waals surface area contributed by atoms with Gasteiger partial charge in [-0.15, -0.1) is 11.6 Å². The molecule has 6 heteroatoms. The summed E-state index contributed by atoms with van der Waals surface area (Å²) in [5.74, 6) is -1.12. The molecule has 1 aromatic rings. The maximum absolute atomic E-state index is 10.7. The third kappa shape index (κ3) is 2.10. The Morgan fingerprint density at radius 3 is 3.10 bits per heavy atom. The summed E-state index contributed by atoms with van der Waals surface area (Å²) in [6.45, 7) is 9.12. The molecule has 2 bridgehead atoms. The van der Waals surface area contributed by atoms with Crippen LogP contribution in [0.5, 0.6) is 0 Å². The lowest BCUT2D eigenvalue weighted by atomic mass is 10.2. The van der Waals surface area contributed by atoms with E-state index in [9.17, 15) is 5.11 Å². The second kappa shape index (κ2) is 4.82. The van der Waals surface area contributed by atoms with Crippen LogP contribution in [0.1, 0.15) is 12.6 Å². The van der Waals surface area contributed by atoms with Gasteiger partial charge in [-0.1, -0.05) is 6.08 Å². The molecule has 0 radical (unpaired) electrons. The molecule has 0 saturated carbocycles. The highest BCUT2D eigenvalue weighted by molar-refractivity contribution is 5.50. The highest BCUT2D eigenvalue weighted by Crippen LogP contribution is 2.35. The number of nitrogens with zero attached hydrogens (tertiary/aromatic N) is 4. The molecular formula is C14H20N4O2. The van der Waals surface area contributed by atoms with Crippen LogP contribution in [-0.4, -0.2) is 56.4 Å². The van der Waals surface area contributed by atoms with E-state index in [1.807, 2.05) is 28.8 Å². The minimum atomic E-state index is -1.12. The van der Waals surface area contributed by atoms with E-state index in [-0.39, 0.29) is 6.04 Å². The van der Waals surface area contributed by atoms with E-state index in [2.05, 4.69) is 17.8 Å². The number of aliphatic hydroxyl groups is 1. The van der Waals surface area contributed by atoms with Crippen LogP contribution in [0.2, 0.25) is 0 Å². The van der Waals surface area contributed by atoms with Crippen LogP contribution in [0.25, 0.3) is 5.70 Å². The summed E-state index contributed by atoms with van der Waals surface area (Å²) in [7, 11) is 0. The van der Waals surface area contributed by atoms with Crippen molar-refractivity contribution in [2.24, 2.45) is 0 Å². The zero-order valence-electron chi connectivity index (χ0n) is 11.9. The molecule has 3 heterocycles. The molecule has 0 aromatic carbocycles. The average Bonchev–Trinajstić information content (AvgIpc) is 2.91. The third-order valence-electron chi connectivity index (χ3n) is 3.81. The Kier molecular flexibility index (Phi) is 3.25. The Hall–Kier alpha value is -1.47. The monoisotopic (exact) mass is 276 g/mol. The van der Waals surface area contributed by atoms with Crippen LogP contribution in [0.15, 0.2) is 31.0 Å². The van der Waals surface area contributed by atoms with Crippen LogP contribution in [0, 0.1) is 6.92 Å². The zero-order valence-corrected chi connectivity index (χ0v) is 11.9. The predicted octanol–water partition coefficient (Wildman–Crippen LogP) is 0.816. The van der Waals surface area contributed by atoms with Crippen LogP contribution in [0.4, 0.5) is 0 Å². The molecular weight excluding hydrogens is 256 g/mol. The van der Waals surface area contributed by atoms with Gasteiger partial charge in [-0.3, -0.25) is 9.74 Å². The summed E-state index contributed by atoms with van der Waals surface area (Å²) in [5, 5.41) is 16.7. The molecule has 1 saturated heterocycles. The number of fused-ring (bicyclic) bond motifs is 2. The summed E-state index contributed by atoms with van der Waals surface area (Å²) in [4.78, 5) is 7.60. The molecule has 0 aliphatic carbocycles. The minimum Gasteiger partial charge on any atom is -0.361 e. The van der Waals surface area contributed by atoms with Gasteiger partial charge in [0.05, 0.1) is 24.0 Å². The summed E-state index contributed by atoms with van der Waals surface area (Å²) in [6.07, 6.45) is 5.72. The van der Waals surface area contributed by atoms with E-state index in [1.54, 1.807) is 18.1 Å². The Morgan fingerprint density at radius 2 is 2.45 bits per heavy atom. The minimum absolute atomic E-state index is 0.0122. The molecule has 1 aromatic heterocycles. The maximum Gasteiger partial charge on any atom is 0.197 e. The number of hydroxylamine groups is 2. The average molecular weight is 276 g/mol. The molecule has 2 aliphatic heterocycles. The first-order valence-electron chi connectivity index (χ1n) is 6.76. The van der Waals surface area contributed by atoms with Crippen molar-refractivity contribution in [1.82, 2.24) is 19.7 Å². The molecule has 0 spiro atoms. The lowest BCUT2D eigenvalue weighted by Crippen LogP contribution is -2.51. The number of hydrogen-bond donors (Lipinski definition) is 1. The number of rotatable bonds is 4. The number of aryl methyl sites for hydroxylation is 1. The molecule has 108 valence electrons. The van der Waals surface area contributed by atoms with Crippen molar-refractivity contribution in [3.8, 4) is 0 Å². The van der Waals surface area contributed by atoms with Crippen LogP contribution < -0.4 is 0 Å². The van der Waals surface area contributed by atoms with E-state index in [0.29, 0.717) is 13.2 Å². The Morgan fingerprint density at radius 1 is 1.65 bits per heavy atom. The van der Waals surface area contributed by atoms with Crippen molar-refractivity contribution in [1.29, 1.82) is 0 Å². The van der Waals surface area contributed by atoms with Gasteiger partial charge in [0.25, 0.3) is 0 Å². The van der Waals surface area contributed by atoms with Gasteiger partial charge in [0.2, 0.25) is 0 Å². The third-order valence-corrected chi connectivity index (χ3v) is 3.81. The van der Waals surface area contributed by atoms with Gasteiger partial charge in [-0.2, -0.15) is 5.10 Å². The van der Waals surface area contributed by atoms with Crippen LogP contribution in [-0.2, 0) is 4.84 Å². The Balaban J connectivity index is 1.88. The normalized spacial score (nSPS) is 33.2. The molecule has 20 heavy (non-hydrogen) atoms. The smallest absolute Gasteiger partial charge is 0.197 e. The summed E-state index contributed by atoms with van der Waals surface area (Å²) in [6, 6.07) is 1.98. The van der Waals surface area contributed by atoms with Crippen molar-refractivity contribution < 1.29 is 9.94 Å². The number of hydrogen-bond acceptors (Lipinski definition) is 5. The first-order valence-corrected chi connectivity index (χ1v) is 6.76. The Labute approximate surface area is 118 Å². The van der Waals surface area contributed by atoms with Gasteiger partial charge in [0, 0.05) is 19.3 Å². The Bertz CT molecular complexity index is 549. The lowest BCUT2D eigenvalue weighted by Gasteiger charge is -2.34. The first kappa shape index (κ1) is 13.5. The summed E-state index contributed by atoms with van der Waals surface area (Å²) in [5.41, 5.74) is 2.03. The van der Waals surface area contributed by atoms with Crippen molar-refractivity contribution in [3.05, 3.63) is 36.7 Å². The van der Waals surface area contributed by atoms with E-state index in [0.717, 1.165) is 17.9 Å². The molecule has 2 aliphatic rings. The second-order valence-electron chi connectivity index (χ2n) is 5.39. The van der Waals surface area contributed by atoms with Gasteiger partial charge >= 0.3 is 0 Å². The number of aromatic nitrogens is 2. The van der Waals surface area contributed by atoms with E-state index < -0.39 is 5.85 Å². The van der Waals surface area contributed by atoms with Gasteiger partial charge in [-0.25, -0.2) is 4.68 Å². The van der Waals surface area contributed by atoms with Crippen molar-refractivity contribution in [2.75, 3.05) is 19.7 Å². The fourth-order valence-electron chi connectivity index (χ4n) is 2.81. The largest absolute Gasteiger partial charge is 0.361 e. The second-order valence-corrected chi connectivity index (χ2v) is 5.39. The van der Waals surface area contributed by atoms with E-state index in [1.165, 1.54) is 0 Å². The topological polar surface area (TPSA) is 53.8 Å². The van der Waals surface area contributed by atoms with Crippen molar-refractivity contribution in [3.63, 3.8) is 0 Å². The molecule has 3 atom stereocenters. The fourth-order valence-corrected chi connectivity index (χ4v) is 2.81. The molecule has 1 N–H and O–H groups in total. The fraction of sp³-hybridized carbons (Fsp3) is 0.500. The molecule has 6 nitrogen and oxygen atoms in total. The van der Waals surface area contributed by atoms with Crippen molar-refractivity contribution >= 4 is 5.70 Å². The highest BCUT2D eigenvalue weighted by atomic mass is 16.7. The van der Waals surface area contributed by atoms with Crippen LogP contribution in [0.3, 0.4) is 0 Å².